The molecule has 0 saturated heterocycles. The van der Waals surface area contributed by atoms with E-state index in [9.17, 15) is 18.5 Å². The fourth-order valence-electron chi connectivity index (χ4n) is 2.71. The van der Waals surface area contributed by atoms with E-state index in [1.807, 2.05) is 0 Å². The van der Waals surface area contributed by atoms with Gasteiger partial charge in [0.2, 0.25) is 10.0 Å². The summed E-state index contributed by atoms with van der Waals surface area (Å²) in [5, 5.41) is 16.3. The molecule has 0 aromatic heterocycles. The minimum Gasteiger partial charge on any atom is -0.258 e. The van der Waals surface area contributed by atoms with Crippen LogP contribution in [0.15, 0.2) is 23.1 Å². The van der Waals surface area contributed by atoms with Crippen molar-refractivity contribution in [3.05, 3.63) is 33.9 Å². The molecule has 1 aromatic rings. The van der Waals surface area contributed by atoms with Crippen LogP contribution in [-0.4, -0.2) is 13.3 Å². The average Bonchev–Trinajstić information content (AvgIpc) is 2.37. The quantitative estimate of drug-likeness (QED) is 0.679. The number of rotatable bonds is 3. The molecular weight excluding hydrogens is 268 g/mol. The Bertz CT molecular complexity index is 592. The van der Waals surface area contributed by atoms with Crippen molar-refractivity contribution in [1.29, 1.82) is 0 Å². The molecule has 0 heterocycles. The number of benzene rings is 1. The molecule has 1 saturated carbocycles. The van der Waals surface area contributed by atoms with Crippen molar-refractivity contribution in [2.75, 3.05) is 0 Å². The number of hydrogen-bond acceptors (Lipinski definition) is 4. The number of nitrogens with two attached hydrogens (primary N) is 1. The number of para-hydroxylation sites is 1. The van der Waals surface area contributed by atoms with E-state index in [0.717, 1.165) is 32.1 Å². The molecule has 0 unspecified atom stereocenters. The number of hydrogen-bond donors (Lipinski definition) is 1. The van der Waals surface area contributed by atoms with Crippen molar-refractivity contribution in [1.82, 2.24) is 0 Å². The second kappa shape index (κ2) is 5.26. The first-order chi connectivity index (χ1) is 8.91. The lowest BCUT2D eigenvalue weighted by atomic mass is 9.83. The topological polar surface area (TPSA) is 103 Å². The van der Waals surface area contributed by atoms with E-state index in [1.165, 1.54) is 12.1 Å². The van der Waals surface area contributed by atoms with Crippen LogP contribution in [0.25, 0.3) is 0 Å². The molecule has 0 bridgehead atoms. The summed E-state index contributed by atoms with van der Waals surface area (Å²) in [6, 6.07) is 4.36. The second-order valence-electron chi connectivity index (χ2n) is 4.83. The van der Waals surface area contributed by atoms with Gasteiger partial charge in [0.15, 0.2) is 4.90 Å². The lowest BCUT2D eigenvalue weighted by molar-refractivity contribution is -0.388. The minimum atomic E-state index is -4.08. The number of nitro benzene ring substituents is 1. The molecule has 1 aromatic carbocycles. The third-order valence-electron chi connectivity index (χ3n) is 3.56. The normalized spacial score (nSPS) is 17.3. The van der Waals surface area contributed by atoms with E-state index >= 15 is 0 Å². The predicted octanol–water partition coefficient (Wildman–Crippen LogP) is 2.29. The highest BCUT2D eigenvalue weighted by Gasteiger charge is 2.30. The van der Waals surface area contributed by atoms with Crippen molar-refractivity contribution >= 4 is 15.7 Å². The third kappa shape index (κ3) is 2.93. The molecule has 0 radical (unpaired) electrons. The zero-order chi connectivity index (χ0) is 14.0. The molecule has 7 heteroatoms. The molecule has 0 atom stereocenters. The van der Waals surface area contributed by atoms with Crippen molar-refractivity contribution in [2.24, 2.45) is 5.14 Å². The molecule has 0 amide bonds. The molecule has 6 nitrogen and oxygen atoms in total. The van der Waals surface area contributed by atoms with Crippen LogP contribution in [0.5, 0.6) is 0 Å². The molecule has 1 aliphatic carbocycles. The van der Waals surface area contributed by atoms with Gasteiger partial charge in [-0.1, -0.05) is 31.4 Å². The first-order valence-corrected chi connectivity index (χ1v) is 7.76. The van der Waals surface area contributed by atoms with Crippen molar-refractivity contribution in [2.45, 2.75) is 42.9 Å². The molecule has 0 aliphatic heterocycles. The lowest BCUT2D eigenvalue weighted by Crippen LogP contribution is -2.16. The van der Waals surface area contributed by atoms with Gasteiger partial charge in [0.1, 0.15) is 0 Å². The van der Waals surface area contributed by atoms with Crippen LogP contribution >= 0.6 is 0 Å². The molecule has 1 aliphatic rings. The summed E-state index contributed by atoms with van der Waals surface area (Å²) in [6.07, 6.45) is 4.87. The smallest absolute Gasteiger partial charge is 0.258 e. The maximum Gasteiger partial charge on any atom is 0.292 e. The lowest BCUT2D eigenvalue weighted by Gasteiger charge is -2.22. The summed E-state index contributed by atoms with van der Waals surface area (Å²) in [6.45, 7) is 0. The Morgan fingerprint density at radius 3 is 2.37 bits per heavy atom. The number of sulfonamides is 1. The van der Waals surface area contributed by atoms with Crippen LogP contribution in [0.2, 0.25) is 0 Å². The van der Waals surface area contributed by atoms with Gasteiger partial charge in [0.05, 0.1) is 4.92 Å². The Balaban J connectivity index is 2.57. The molecule has 104 valence electrons. The van der Waals surface area contributed by atoms with Gasteiger partial charge in [0, 0.05) is 5.56 Å². The van der Waals surface area contributed by atoms with Gasteiger partial charge in [-0.2, -0.15) is 0 Å². The van der Waals surface area contributed by atoms with Gasteiger partial charge in [-0.3, -0.25) is 10.1 Å². The molecule has 0 spiro atoms. The molecule has 19 heavy (non-hydrogen) atoms. The van der Waals surface area contributed by atoms with Crippen LogP contribution in [0.4, 0.5) is 5.69 Å². The summed E-state index contributed by atoms with van der Waals surface area (Å²) in [5.41, 5.74) is 0.146. The molecule has 1 fully saturated rings. The van der Waals surface area contributed by atoms with E-state index < -0.39 is 14.9 Å². The van der Waals surface area contributed by atoms with E-state index in [2.05, 4.69) is 0 Å². The Morgan fingerprint density at radius 1 is 1.21 bits per heavy atom. The Morgan fingerprint density at radius 2 is 1.84 bits per heavy atom. The third-order valence-corrected chi connectivity index (χ3v) is 4.51. The monoisotopic (exact) mass is 284 g/mol. The van der Waals surface area contributed by atoms with Crippen molar-refractivity contribution in [3.8, 4) is 0 Å². The van der Waals surface area contributed by atoms with E-state index in [0.29, 0.717) is 5.56 Å². The van der Waals surface area contributed by atoms with Crippen LogP contribution in [-0.2, 0) is 10.0 Å². The fraction of sp³-hybridized carbons (Fsp3) is 0.500. The first-order valence-electron chi connectivity index (χ1n) is 6.21. The zero-order valence-corrected chi connectivity index (χ0v) is 11.2. The van der Waals surface area contributed by atoms with Crippen molar-refractivity contribution < 1.29 is 13.3 Å². The SMILES string of the molecule is NS(=O)(=O)c1cccc(C2CCCCC2)c1[N+](=O)[O-]. The highest BCUT2D eigenvalue weighted by atomic mass is 32.2. The van der Waals surface area contributed by atoms with Gasteiger partial charge in [-0.25, -0.2) is 13.6 Å². The summed E-state index contributed by atoms with van der Waals surface area (Å²) in [5.74, 6) is 0.0517. The standard InChI is InChI=1S/C12H16N2O4S/c13-19(17,18)11-8-4-7-10(12(11)14(15)16)9-5-2-1-3-6-9/h4,7-9H,1-3,5-6H2,(H2,13,17,18). The Hall–Kier alpha value is -1.47. The first kappa shape index (κ1) is 14.0. The van der Waals surface area contributed by atoms with Crippen molar-refractivity contribution in [3.63, 3.8) is 0 Å². The molecule has 2 rings (SSSR count). The fourth-order valence-corrected chi connectivity index (χ4v) is 3.44. The van der Waals surface area contributed by atoms with Gasteiger partial charge < -0.3 is 0 Å². The second-order valence-corrected chi connectivity index (χ2v) is 6.36. The van der Waals surface area contributed by atoms with Gasteiger partial charge in [-0.05, 0) is 24.8 Å². The van der Waals surface area contributed by atoms with Crippen LogP contribution < -0.4 is 5.14 Å². The zero-order valence-electron chi connectivity index (χ0n) is 10.4. The maximum atomic E-state index is 11.5. The number of nitrogens with zero attached hydrogens (tertiary/aromatic N) is 1. The summed E-state index contributed by atoms with van der Waals surface area (Å²) < 4.78 is 22.9. The van der Waals surface area contributed by atoms with Gasteiger partial charge in [0.25, 0.3) is 5.69 Å². The highest BCUT2D eigenvalue weighted by molar-refractivity contribution is 7.89. The largest absolute Gasteiger partial charge is 0.292 e. The van der Waals surface area contributed by atoms with E-state index in [-0.39, 0.29) is 16.5 Å². The van der Waals surface area contributed by atoms with Gasteiger partial charge >= 0.3 is 0 Å². The van der Waals surface area contributed by atoms with Gasteiger partial charge in [-0.15, -0.1) is 0 Å². The molecule has 2 N–H and O–H groups in total. The maximum absolute atomic E-state index is 11.5. The van der Waals surface area contributed by atoms with Crippen LogP contribution in [0.3, 0.4) is 0 Å². The highest BCUT2D eigenvalue weighted by Crippen LogP contribution is 2.39. The summed E-state index contributed by atoms with van der Waals surface area (Å²) in [7, 11) is -4.08. The van der Waals surface area contributed by atoms with Crippen LogP contribution in [0.1, 0.15) is 43.6 Å². The summed E-state index contributed by atoms with van der Waals surface area (Å²) >= 11 is 0. The summed E-state index contributed by atoms with van der Waals surface area (Å²) in [4.78, 5) is 10.2. The predicted molar refractivity (Wildman–Crippen MR) is 70.3 cm³/mol. The Labute approximate surface area is 111 Å². The minimum absolute atomic E-state index is 0.0517. The Kier molecular flexibility index (Phi) is 3.86. The number of nitro groups is 1. The van der Waals surface area contributed by atoms with Crippen LogP contribution in [0, 0.1) is 10.1 Å². The number of primary sulfonamides is 1. The average molecular weight is 284 g/mol. The molecular formula is C12H16N2O4S. The van der Waals surface area contributed by atoms with E-state index in [1.54, 1.807) is 6.07 Å². The van der Waals surface area contributed by atoms with E-state index in [4.69, 9.17) is 5.14 Å².